The van der Waals surface area contributed by atoms with Gasteiger partial charge in [0.2, 0.25) is 5.91 Å². The number of hydrogen-bond acceptors (Lipinski definition) is 4. The minimum Gasteiger partial charge on any atom is -0.334 e. The number of anilines is 1. The molecule has 0 radical (unpaired) electrons. The summed E-state index contributed by atoms with van der Waals surface area (Å²) >= 11 is 0. The van der Waals surface area contributed by atoms with Crippen LogP contribution < -0.4 is 5.32 Å². The molecule has 1 aliphatic heterocycles. The fourth-order valence-corrected chi connectivity index (χ4v) is 4.44. The Kier molecular flexibility index (Phi) is 5.44. The van der Waals surface area contributed by atoms with Crippen LogP contribution in [0.25, 0.3) is 0 Å². The van der Waals surface area contributed by atoms with Gasteiger partial charge >= 0.3 is 0 Å². The predicted octanol–water partition coefficient (Wildman–Crippen LogP) is 3.88. The fraction of sp³-hybridized carbons (Fsp3) is 0.154. The number of carbonyl (C=O) groups excluding carboxylic acids is 2. The van der Waals surface area contributed by atoms with Crippen molar-refractivity contribution in [2.75, 3.05) is 12.4 Å². The van der Waals surface area contributed by atoms with Crippen LogP contribution in [0.15, 0.2) is 91.5 Å². The summed E-state index contributed by atoms with van der Waals surface area (Å²) in [6, 6.07) is 24.3. The second kappa shape index (κ2) is 8.70. The predicted molar refractivity (Wildman–Crippen MR) is 125 cm³/mol. The number of amides is 2. The van der Waals surface area contributed by atoms with Gasteiger partial charge in [0.25, 0.3) is 5.91 Å². The van der Waals surface area contributed by atoms with Gasteiger partial charge < -0.3 is 10.2 Å². The third kappa shape index (κ3) is 4.01. The van der Waals surface area contributed by atoms with Crippen molar-refractivity contribution >= 4 is 17.5 Å². The molecule has 7 nitrogen and oxygen atoms in total. The van der Waals surface area contributed by atoms with Crippen LogP contribution in [0.5, 0.6) is 0 Å². The molecule has 0 aliphatic carbocycles. The van der Waals surface area contributed by atoms with E-state index in [-0.39, 0.29) is 11.8 Å². The number of hydrogen-bond donors (Lipinski definition) is 1. The molecule has 0 bridgehead atoms. The van der Waals surface area contributed by atoms with E-state index in [0.29, 0.717) is 17.8 Å². The van der Waals surface area contributed by atoms with E-state index >= 15 is 0 Å². The summed E-state index contributed by atoms with van der Waals surface area (Å²) in [6.07, 6.45) is 3.17. The van der Waals surface area contributed by atoms with Gasteiger partial charge in [-0.1, -0.05) is 60.7 Å². The molecule has 2 heterocycles. The molecule has 164 valence electrons. The van der Waals surface area contributed by atoms with Gasteiger partial charge in [-0.2, -0.15) is 5.10 Å². The highest BCUT2D eigenvalue weighted by atomic mass is 16.2. The van der Waals surface area contributed by atoms with Crippen molar-refractivity contribution in [1.29, 1.82) is 0 Å². The number of benzene rings is 3. The highest BCUT2D eigenvalue weighted by Crippen LogP contribution is 2.42. The minimum atomic E-state index is -0.541. The average Bonchev–Trinajstić information content (AvgIpc) is 3.36. The maximum absolute atomic E-state index is 13.6. The quantitative estimate of drug-likeness (QED) is 0.514. The summed E-state index contributed by atoms with van der Waals surface area (Å²) in [5.74, 6) is -0.776. The van der Waals surface area contributed by atoms with E-state index in [1.807, 2.05) is 72.8 Å². The van der Waals surface area contributed by atoms with Crippen LogP contribution in [0, 0.1) is 0 Å². The standard InChI is InChI=1S/C26H23N5O2/c1-30-24(19-7-3-2-4-8-19)23(21-9-5-6-10-22(21)26(30)33)25(32)29-20-13-11-18(12-14-20)15-31-17-27-16-28-31/h2-14,16-17,23-24H,15H2,1H3,(H,29,32)/t23-,24+/m1/s1. The summed E-state index contributed by atoms with van der Waals surface area (Å²) in [7, 11) is 1.76. The van der Waals surface area contributed by atoms with E-state index in [9.17, 15) is 9.59 Å². The van der Waals surface area contributed by atoms with Crippen molar-refractivity contribution < 1.29 is 9.59 Å². The summed E-state index contributed by atoms with van der Waals surface area (Å²) in [4.78, 5) is 32.3. The molecule has 1 aliphatic rings. The third-order valence-corrected chi connectivity index (χ3v) is 6.04. The molecule has 3 aromatic carbocycles. The molecular formula is C26H23N5O2. The first kappa shape index (κ1) is 20.6. The van der Waals surface area contributed by atoms with Crippen molar-refractivity contribution in [3.05, 3.63) is 114 Å². The SMILES string of the molecule is CN1C(=O)c2ccccc2[C@@H](C(=O)Nc2ccc(Cn3cncn3)cc2)[C@@H]1c1ccccc1. The Morgan fingerprint density at radius 1 is 0.970 bits per heavy atom. The first-order valence-corrected chi connectivity index (χ1v) is 10.7. The van der Waals surface area contributed by atoms with Crippen LogP contribution in [0.1, 0.15) is 39.0 Å². The van der Waals surface area contributed by atoms with Crippen LogP contribution in [0.2, 0.25) is 0 Å². The zero-order valence-corrected chi connectivity index (χ0v) is 18.1. The van der Waals surface area contributed by atoms with Gasteiger partial charge in [0.15, 0.2) is 0 Å². The van der Waals surface area contributed by atoms with E-state index in [1.54, 1.807) is 29.0 Å². The maximum atomic E-state index is 13.6. The molecule has 2 amide bonds. The zero-order valence-electron chi connectivity index (χ0n) is 18.1. The van der Waals surface area contributed by atoms with E-state index < -0.39 is 12.0 Å². The van der Waals surface area contributed by atoms with Crippen LogP contribution >= 0.6 is 0 Å². The molecule has 5 rings (SSSR count). The average molecular weight is 438 g/mol. The summed E-state index contributed by atoms with van der Waals surface area (Å²) in [5, 5.41) is 7.18. The Morgan fingerprint density at radius 2 is 1.70 bits per heavy atom. The number of nitrogens with one attached hydrogen (secondary N) is 1. The number of fused-ring (bicyclic) bond motifs is 1. The van der Waals surface area contributed by atoms with E-state index in [2.05, 4.69) is 15.4 Å². The van der Waals surface area contributed by atoms with Crippen LogP contribution in [-0.4, -0.2) is 38.5 Å². The minimum absolute atomic E-state index is 0.0824. The largest absolute Gasteiger partial charge is 0.334 e. The lowest BCUT2D eigenvalue weighted by atomic mass is 9.79. The molecular weight excluding hydrogens is 414 g/mol. The smallest absolute Gasteiger partial charge is 0.254 e. The van der Waals surface area contributed by atoms with Crippen molar-refractivity contribution in [2.24, 2.45) is 0 Å². The number of aromatic nitrogens is 3. The Hall–Kier alpha value is -4.26. The lowest BCUT2D eigenvalue weighted by molar-refractivity contribution is -0.119. The topological polar surface area (TPSA) is 80.1 Å². The third-order valence-electron chi connectivity index (χ3n) is 6.04. The van der Waals surface area contributed by atoms with Crippen molar-refractivity contribution in [3.63, 3.8) is 0 Å². The Morgan fingerprint density at radius 3 is 2.42 bits per heavy atom. The van der Waals surface area contributed by atoms with Gasteiger partial charge in [-0.15, -0.1) is 0 Å². The van der Waals surface area contributed by atoms with E-state index in [4.69, 9.17) is 0 Å². The van der Waals surface area contributed by atoms with Crippen LogP contribution in [-0.2, 0) is 11.3 Å². The number of rotatable bonds is 5. The first-order chi connectivity index (χ1) is 16.1. The van der Waals surface area contributed by atoms with Crippen LogP contribution in [0.4, 0.5) is 5.69 Å². The van der Waals surface area contributed by atoms with E-state index in [0.717, 1.165) is 16.7 Å². The number of carbonyl (C=O) groups is 2. The highest BCUT2D eigenvalue weighted by Gasteiger charge is 2.42. The van der Waals surface area contributed by atoms with Gasteiger partial charge in [-0.25, -0.2) is 9.67 Å². The van der Waals surface area contributed by atoms with Crippen molar-refractivity contribution in [2.45, 2.75) is 18.5 Å². The molecule has 0 unspecified atom stereocenters. The second-order valence-electron chi connectivity index (χ2n) is 8.12. The molecule has 4 aromatic rings. The first-order valence-electron chi connectivity index (χ1n) is 10.7. The summed E-state index contributed by atoms with van der Waals surface area (Å²) in [6.45, 7) is 0.604. The van der Waals surface area contributed by atoms with Gasteiger partial charge in [-0.05, 0) is 34.9 Å². The van der Waals surface area contributed by atoms with Gasteiger partial charge in [0.05, 0.1) is 18.5 Å². The molecule has 0 saturated carbocycles. The molecule has 33 heavy (non-hydrogen) atoms. The van der Waals surface area contributed by atoms with Gasteiger partial charge in [-0.3, -0.25) is 9.59 Å². The van der Waals surface area contributed by atoms with Crippen LogP contribution in [0.3, 0.4) is 0 Å². The lowest BCUT2D eigenvalue weighted by Crippen LogP contribution is -2.44. The zero-order chi connectivity index (χ0) is 22.8. The molecule has 2 atom stereocenters. The maximum Gasteiger partial charge on any atom is 0.254 e. The lowest BCUT2D eigenvalue weighted by Gasteiger charge is -2.39. The van der Waals surface area contributed by atoms with Crippen molar-refractivity contribution in [3.8, 4) is 0 Å². The molecule has 1 aromatic heterocycles. The van der Waals surface area contributed by atoms with Gasteiger partial charge in [0.1, 0.15) is 12.7 Å². The molecule has 0 spiro atoms. The molecule has 0 fully saturated rings. The summed E-state index contributed by atoms with van der Waals surface area (Å²) < 4.78 is 1.74. The molecule has 0 saturated heterocycles. The fourth-order valence-electron chi connectivity index (χ4n) is 4.44. The number of likely N-dealkylation sites (N-methyl/N-ethyl adjacent to an activating group) is 1. The highest BCUT2D eigenvalue weighted by molar-refractivity contribution is 6.04. The Balaban J connectivity index is 1.45. The van der Waals surface area contributed by atoms with Gasteiger partial charge in [0, 0.05) is 18.3 Å². The second-order valence-corrected chi connectivity index (χ2v) is 8.12. The molecule has 1 N–H and O–H groups in total. The summed E-state index contributed by atoms with van der Waals surface area (Å²) in [5.41, 5.74) is 3.98. The van der Waals surface area contributed by atoms with E-state index in [1.165, 1.54) is 6.33 Å². The molecule has 7 heteroatoms. The number of nitrogens with zero attached hydrogens (tertiary/aromatic N) is 4. The van der Waals surface area contributed by atoms with Crippen molar-refractivity contribution in [1.82, 2.24) is 19.7 Å². The monoisotopic (exact) mass is 437 g/mol. The normalized spacial score (nSPS) is 17.5. The Labute approximate surface area is 191 Å². The Bertz CT molecular complexity index is 1270.